The van der Waals surface area contributed by atoms with Gasteiger partial charge in [-0.25, -0.2) is 13.4 Å². The first-order valence-electron chi connectivity index (χ1n) is 12.3. The van der Waals surface area contributed by atoms with E-state index in [1.54, 1.807) is 21.9 Å². The van der Waals surface area contributed by atoms with Crippen LogP contribution in [0.1, 0.15) is 24.8 Å². The summed E-state index contributed by atoms with van der Waals surface area (Å²) in [4.78, 5) is 19.8. The first-order valence-corrected chi connectivity index (χ1v) is 14.1. The van der Waals surface area contributed by atoms with Crippen LogP contribution in [-0.2, 0) is 20.7 Å². The van der Waals surface area contributed by atoms with E-state index in [1.807, 2.05) is 0 Å². The van der Waals surface area contributed by atoms with Crippen molar-refractivity contribution in [3.8, 4) is 0 Å². The van der Waals surface area contributed by atoms with Crippen molar-refractivity contribution in [1.82, 2.24) is 14.6 Å². The number of sulfonamides is 1. The fourth-order valence-electron chi connectivity index (χ4n) is 4.95. The maximum atomic E-state index is 15.2. The van der Waals surface area contributed by atoms with Crippen molar-refractivity contribution in [3.05, 3.63) is 58.8 Å². The minimum absolute atomic E-state index is 0.0339. The van der Waals surface area contributed by atoms with Gasteiger partial charge in [-0.1, -0.05) is 17.7 Å². The van der Waals surface area contributed by atoms with Gasteiger partial charge >= 0.3 is 0 Å². The maximum absolute atomic E-state index is 15.2. The Bertz CT molecular complexity index is 1310. The fraction of sp³-hybridized carbons (Fsp3) is 0.440. The second-order valence-electron chi connectivity index (χ2n) is 9.33. The zero-order chi connectivity index (χ0) is 26.2. The van der Waals surface area contributed by atoms with E-state index in [1.165, 1.54) is 34.6 Å². The number of rotatable bonds is 6. The van der Waals surface area contributed by atoms with Crippen LogP contribution in [0.5, 0.6) is 0 Å². The third-order valence-corrected chi connectivity index (χ3v) is 9.14. The smallest absolute Gasteiger partial charge is 0.294 e. The molecule has 198 valence electrons. The van der Waals surface area contributed by atoms with Crippen molar-refractivity contribution in [2.45, 2.75) is 30.1 Å². The van der Waals surface area contributed by atoms with Crippen molar-refractivity contribution < 1.29 is 22.0 Å². The van der Waals surface area contributed by atoms with Crippen LogP contribution >= 0.6 is 11.6 Å². The van der Waals surface area contributed by atoms with E-state index in [-0.39, 0.29) is 59.7 Å². The molecule has 0 saturated carbocycles. The van der Waals surface area contributed by atoms with Gasteiger partial charge in [-0.05, 0) is 55.8 Å². The Labute approximate surface area is 219 Å². The Kier molecular flexibility index (Phi) is 7.23. The number of pyridine rings is 1. The third-order valence-electron chi connectivity index (χ3n) is 7.03. The average Bonchev–Trinajstić information content (AvgIpc) is 3.34. The molecule has 12 heteroatoms. The highest BCUT2D eigenvalue weighted by Crippen LogP contribution is 2.40. The van der Waals surface area contributed by atoms with Gasteiger partial charge < -0.3 is 15.1 Å². The molecule has 8 nitrogen and oxygen atoms in total. The molecule has 5 rings (SSSR count). The van der Waals surface area contributed by atoms with Crippen LogP contribution in [0.4, 0.5) is 20.3 Å². The van der Waals surface area contributed by atoms with Crippen LogP contribution in [0.25, 0.3) is 0 Å². The number of hydrogen-bond donors (Lipinski definition) is 1. The van der Waals surface area contributed by atoms with E-state index >= 15 is 8.78 Å². The molecule has 0 unspecified atom stereocenters. The zero-order valence-electron chi connectivity index (χ0n) is 20.2. The van der Waals surface area contributed by atoms with Crippen LogP contribution in [0.15, 0.2) is 52.9 Å². The first kappa shape index (κ1) is 26.0. The summed E-state index contributed by atoms with van der Waals surface area (Å²) in [6, 6.07) is 8.88. The number of piperazine rings is 1. The minimum atomic E-state index is -3.75. The van der Waals surface area contributed by atoms with Crippen molar-refractivity contribution >= 4 is 39.0 Å². The van der Waals surface area contributed by atoms with Crippen molar-refractivity contribution in [2.24, 2.45) is 0 Å². The van der Waals surface area contributed by atoms with Gasteiger partial charge in [0.25, 0.3) is 5.92 Å². The summed E-state index contributed by atoms with van der Waals surface area (Å²) < 4.78 is 58.2. The number of aromatic nitrogens is 1. The molecule has 4 heterocycles. The molecule has 3 aliphatic rings. The van der Waals surface area contributed by atoms with Crippen molar-refractivity contribution in [1.29, 1.82) is 0 Å². The first-order chi connectivity index (χ1) is 17.7. The number of nitrogens with zero attached hydrogens (tertiary/aromatic N) is 4. The summed E-state index contributed by atoms with van der Waals surface area (Å²) in [6.07, 6.45) is 3.05. The monoisotopic (exact) mass is 551 g/mol. The SMILES string of the molecule is O=C1CCCN1c1ccc(S(=O)(=O)N2CCN(c3cc(C(F)(F)C4=CCNCC4)cc(Cl)n3)CC2)cc1. The Morgan fingerprint density at radius 1 is 1.00 bits per heavy atom. The van der Waals surface area contributed by atoms with E-state index in [9.17, 15) is 13.2 Å². The van der Waals surface area contributed by atoms with Gasteiger partial charge in [-0.2, -0.15) is 13.1 Å². The van der Waals surface area contributed by atoms with Gasteiger partial charge in [-0.15, -0.1) is 0 Å². The molecule has 3 aliphatic heterocycles. The molecule has 2 saturated heterocycles. The number of hydrogen-bond acceptors (Lipinski definition) is 6. The second-order valence-corrected chi connectivity index (χ2v) is 11.7. The van der Waals surface area contributed by atoms with Crippen LogP contribution < -0.4 is 15.1 Å². The summed E-state index contributed by atoms with van der Waals surface area (Å²) in [6.45, 7) is 2.42. The van der Waals surface area contributed by atoms with Crippen molar-refractivity contribution in [2.75, 3.05) is 55.6 Å². The molecule has 1 aromatic heterocycles. The summed E-state index contributed by atoms with van der Waals surface area (Å²) in [5.74, 6) is -2.83. The Balaban J connectivity index is 1.28. The number of alkyl halides is 2. The molecule has 37 heavy (non-hydrogen) atoms. The van der Waals surface area contributed by atoms with Crippen LogP contribution in [0.3, 0.4) is 0 Å². The highest BCUT2D eigenvalue weighted by Gasteiger charge is 2.38. The predicted molar refractivity (Wildman–Crippen MR) is 138 cm³/mol. The third kappa shape index (κ3) is 5.22. The van der Waals surface area contributed by atoms with Crippen LogP contribution in [0, 0.1) is 0 Å². The van der Waals surface area contributed by atoms with E-state index in [0.29, 0.717) is 37.6 Å². The average molecular weight is 552 g/mol. The molecule has 0 atom stereocenters. The quantitative estimate of drug-likeness (QED) is 0.438. The highest BCUT2D eigenvalue weighted by molar-refractivity contribution is 7.89. The second kappa shape index (κ2) is 10.3. The number of benzene rings is 1. The van der Waals surface area contributed by atoms with Crippen molar-refractivity contribution in [3.63, 3.8) is 0 Å². The Morgan fingerprint density at radius 3 is 2.35 bits per heavy atom. The molecule has 0 bridgehead atoms. The van der Waals surface area contributed by atoms with E-state index in [4.69, 9.17) is 11.6 Å². The number of carbonyl (C=O) groups excluding carboxylic acids is 1. The summed E-state index contributed by atoms with van der Waals surface area (Å²) >= 11 is 6.13. The Hall–Kier alpha value is -2.60. The molecular formula is C25H28ClF2N5O3S. The summed E-state index contributed by atoms with van der Waals surface area (Å²) in [7, 11) is -3.75. The molecule has 1 N–H and O–H groups in total. The molecule has 0 spiro atoms. The number of nitrogens with one attached hydrogen (secondary N) is 1. The fourth-order valence-corrected chi connectivity index (χ4v) is 6.57. The number of anilines is 2. The van der Waals surface area contributed by atoms with E-state index < -0.39 is 15.9 Å². The van der Waals surface area contributed by atoms with Crippen LogP contribution in [0.2, 0.25) is 5.15 Å². The Morgan fingerprint density at radius 2 is 1.73 bits per heavy atom. The summed E-state index contributed by atoms with van der Waals surface area (Å²) in [5.41, 5.74) is 0.518. The van der Waals surface area contributed by atoms with Gasteiger partial charge in [-0.3, -0.25) is 4.79 Å². The predicted octanol–water partition coefficient (Wildman–Crippen LogP) is 3.38. The molecule has 2 fully saturated rings. The van der Waals surface area contributed by atoms with Gasteiger partial charge in [0.1, 0.15) is 11.0 Å². The minimum Gasteiger partial charge on any atom is -0.354 e. The topological polar surface area (TPSA) is 85.9 Å². The molecule has 2 aromatic rings. The molecule has 0 radical (unpaired) electrons. The van der Waals surface area contributed by atoms with E-state index in [2.05, 4.69) is 10.3 Å². The lowest BCUT2D eigenvalue weighted by molar-refractivity contribution is -0.117. The van der Waals surface area contributed by atoms with Gasteiger partial charge in [0, 0.05) is 62.5 Å². The lowest BCUT2D eigenvalue weighted by atomic mass is 9.96. The highest BCUT2D eigenvalue weighted by atomic mass is 35.5. The molecule has 0 aliphatic carbocycles. The molecule has 1 aromatic carbocycles. The number of amides is 1. The largest absolute Gasteiger partial charge is 0.354 e. The van der Waals surface area contributed by atoms with Gasteiger partial charge in [0.2, 0.25) is 15.9 Å². The maximum Gasteiger partial charge on any atom is 0.294 e. The van der Waals surface area contributed by atoms with Crippen LogP contribution in [-0.4, -0.2) is 69.4 Å². The van der Waals surface area contributed by atoms with Gasteiger partial charge in [0.05, 0.1) is 4.90 Å². The molecular weight excluding hydrogens is 524 g/mol. The van der Waals surface area contributed by atoms with Gasteiger partial charge in [0.15, 0.2) is 0 Å². The molecule has 1 amide bonds. The summed E-state index contributed by atoms with van der Waals surface area (Å²) in [5, 5.41) is 3.00. The van der Waals surface area contributed by atoms with E-state index in [0.717, 1.165) is 6.42 Å². The lowest BCUT2D eigenvalue weighted by Gasteiger charge is -2.35. The standard InChI is InChI=1S/C25H28ClF2N5O3S/c26-22-16-19(25(27,28)18-7-9-29-10-8-18)17-23(30-22)31-12-14-32(15-13-31)37(35,36)21-5-3-20(4-6-21)33-11-1-2-24(33)34/h3-7,16-17,29H,1-2,8-15H2. The normalized spacial score (nSPS) is 19.9. The number of halogens is 3. The zero-order valence-corrected chi connectivity index (χ0v) is 21.7. The number of carbonyl (C=O) groups is 1. The lowest BCUT2D eigenvalue weighted by Crippen LogP contribution is -2.49.